The first-order chi connectivity index (χ1) is 9.47. The first kappa shape index (κ1) is 14.8. The van der Waals surface area contributed by atoms with Crippen LogP contribution in [0.3, 0.4) is 0 Å². The van der Waals surface area contributed by atoms with E-state index in [1.807, 2.05) is 6.92 Å². The van der Waals surface area contributed by atoms with Crippen LogP contribution < -0.4 is 5.32 Å². The average Bonchev–Trinajstić information content (AvgIpc) is 2.43. The quantitative estimate of drug-likeness (QED) is 0.871. The third-order valence-electron chi connectivity index (χ3n) is 3.87. The van der Waals surface area contributed by atoms with Gasteiger partial charge in [0.2, 0.25) is 0 Å². The largest absolute Gasteiger partial charge is 0.391 e. The maximum Gasteiger partial charge on any atom is 0.317 e. The Labute approximate surface area is 118 Å². The second-order valence-corrected chi connectivity index (χ2v) is 5.52. The summed E-state index contributed by atoms with van der Waals surface area (Å²) in [6.07, 6.45) is 0.354. The van der Waals surface area contributed by atoms with Gasteiger partial charge >= 0.3 is 6.03 Å². The fourth-order valence-corrected chi connectivity index (χ4v) is 2.34. The van der Waals surface area contributed by atoms with Gasteiger partial charge in [0.1, 0.15) is 5.82 Å². The Morgan fingerprint density at radius 2 is 2.30 bits per heavy atom. The van der Waals surface area contributed by atoms with E-state index in [-0.39, 0.29) is 17.8 Å². The van der Waals surface area contributed by atoms with Gasteiger partial charge in [0, 0.05) is 19.6 Å². The minimum Gasteiger partial charge on any atom is -0.391 e. The Morgan fingerprint density at radius 1 is 1.55 bits per heavy atom. The minimum atomic E-state index is -0.456. The second kappa shape index (κ2) is 6.22. The van der Waals surface area contributed by atoms with Crippen molar-refractivity contribution in [1.82, 2.24) is 10.2 Å². The van der Waals surface area contributed by atoms with Crippen molar-refractivity contribution in [3.05, 3.63) is 35.1 Å². The highest BCUT2D eigenvalue weighted by molar-refractivity contribution is 5.74. The van der Waals surface area contributed by atoms with E-state index in [2.05, 4.69) is 5.32 Å². The van der Waals surface area contributed by atoms with Gasteiger partial charge in [-0.25, -0.2) is 9.18 Å². The number of urea groups is 1. The number of halogens is 1. The van der Waals surface area contributed by atoms with Crippen LogP contribution in [-0.2, 0) is 6.54 Å². The highest BCUT2D eigenvalue weighted by atomic mass is 19.1. The van der Waals surface area contributed by atoms with Crippen molar-refractivity contribution in [2.75, 3.05) is 13.1 Å². The Kier molecular flexibility index (Phi) is 4.60. The lowest BCUT2D eigenvalue weighted by Gasteiger charge is -2.34. The lowest BCUT2D eigenvalue weighted by Crippen LogP contribution is -2.49. The van der Waals surface area contributed by atoms with Crippen LogP contribution >= 0.6 is 0 Å². The molecule has 0 aromatic heterocycles. The molecule has 2 N–H and O–H groups in total. The van der Waals surface area contributed by atoms with E-state index < -0.39 is 6.10 Å². The predicted molar refractivity (Wildman–Crippen MR) is 74.7 cm³/mol. The molecule has 20 heavy (non-hydrogen) atoms. The van der Waals surface area contributed by atoms with Crippen LogP contribution in [0.15, 0.2) is 18.2 Å². The summed E-state index contributed by atoms with van der Waals surface area (Å²) in [6, 6.07) is 4.61. The average molecular weight is 280 g/mol. The molecule has 0 spiro atoms. The summed E-state index contributed by atoms with van der Waals surface area (Å²) < 4.78 is 13.1. The van der Waals surface area contributed by atoms with Crippen molar-refractivity contribution >= 4 is 6.03 Å². The number of aliphatic hydroxyl groups excluding tert-OH is 1. The Bertz CT molecular complexity index is 493. The molecule has 1 aromatic rings. The number of likely N-dealkylation sites (tertiary alicyclic amines) is 1. The molecule has 110 valence electrons. The molecular weight excluding hydrogens is 259 g/mol. The third-order valence-corrected chi connectivity index (χ3v) is 3.87. The molecule has 0 radical (unpaired) electrons. The fourth-order valence-electron chi connectivity index (χ4n) is 2.34. The van der Waals surface area contributed by atoms with Crippen LogP contribution in [0.25, 0.3) is 0 Å². The topological polar surface area (TPSA) is 52.6 Å². The molecule has 0 saturated carbocycles. The van der Waals surface area contributed by atoms with Gasteiger partial charge in [0.15, 0.2) is 0 Å². The van der Waals surface area contributed by atoms with E-state index in [9.17, 15) is 14.3 Å². The smallest absolute Gasteiger partial charge is 0.317 e. The lowest BCUT2D eigenvalue weighted by atomic mass is 9.96. The van der Waals surface area contributed by atoms with Crippen molar-refractivity contribution < 1.29 is 14.3 Å². The van der Waals surface area contributed by atoms with Crippen molar-refractivity contribution in [3.63, 3.8) is 0 Å². The van der Waals surface area contributed by atoms with E-state index in [4.69, 9.17) is 0 Å². The maximum absolute atomic E-state index is 13.1. The predicted octanol–water partition coefficient (Wildman–Crippen LogP) is 2.05. The van der Waals surface area contributed by atoms with Crippen molar-refractivity contribution in [2.24, 2.45) is 5.92 Å². The van der Waals surface area contributed by atoms with Crippen LogP contribution in [0.4, 0.5) is 9.18 Å². The van der Waals surface area contributed by atoms with Gasteiger partial charge in [0.25, 0.3) is 0 Å². The van der Waals surface area contributed by atoms with Crippen LogP contribution in [0.2, 0.25) is 0 Å². The summed E-state index contributed by atoms with van der Waals surface area (Å²) in [7, 11) is 0. The Balaban J connectivity index is 1.87. The number of piperidine rings is 1. The third kappa shape index (κ3) is 3.48. The molecule has 1 aliphatic heterocycles. The number of nitrogens with one attached hydrogen (secondary N) is 1. The maximum atomic E-state index is 13.1. The van der Waals surface area contributed by atoms with Gasteiger partial charge in [-0.05, 0) is 36.5 Å². The van der Waals surface area contributed by atoms with Crippen LogP contribution in [0.1, 0.15) is 24.5 Å². The molecular formula is C15H21FN2O2. The normalized spacial score (nSPS) is 22.7. The molecule has 0 aliphatic carbocycles. The highest BCUT2D eigenvalue weighted by Crippen LogP contribution is 2.17. The molecule has 4 nitrogen and oxygen atoms in total. The zero-order valence-corrected chi connectivity index (χ0v) is 11.9. The van der Waals surface area contributed by atoms with Crippen LogP contribution in [-0.4, -0.2) is 35.2 Å². The molecule has 1 fully saturated rings. The van der Waals surface area contributed by atoms with Crippen molar-refractivity contribution in [1.29, 1.82) is 0 Å². The number of hydrogen-bond donors (Lipinski definition) is 2. The number of benzene rings is 1. The van der Waals surface area contributed by atoms with Crippen LogP contribution in [0.5, 0.6) is 0 Å². The minimum absolute atomic E-state index is 0.182. The summed E-state index contributed by atoms with van der Waals surface area (Å²) in [4.78, 5) is 13.6. The molecule has 2 unspecified atom stereocenters. The van der Waals surface area contributed by atoms with Gasteiger partial charge in [0.05, 0.1) is 6.10 Å². The monoisotopic (exact) mass is 280 g/mol. The number of hydrogen-bond acceptors (Lipinski definition) is 2. The van der Waals surface area contributed by atoms with Crippen LogP contribution in [0, 0.1) is 18.7 Å². The number of β-amino-alcohol motifs (C(OH)–C–C–N with tert-alkyl or cyclic N) is 1. The van der Waals surface area contributed by atoms with Crippen molar-refractivity contribution in [2.45, 2.75) is 32.9 Å². The standard InChI is InChI=1S/C15H21FN2O2/c1-10-5-6-18(9-14(10)19)15(20)17-8-12-3-4-13(16)11(2)7-12/h3-4,7,10,14,19H,5-6,8-9H2,1-2H3,(H,17,20). The SMILES string of the molecule is Cc1cc(CNC(=O)N2CCC(C)C(O)C2)ccc1F. The highest BCUT2D eigenvalue weighted by Gasteiger charge is 2.26. The fraction of sp³-hybridized carbons (Fsp3) is 0.533. The van der Waals surface area contributed by atoms with E-state index >= 15 is 0 Å². The summed E-state index contributed by atoms with van der Waals surface area (Å²) in [6.45, 7) is 5.08. The zero-order chi connectivity index (χ0) is 14.7. The molecule has 0 bridgehead atoms. The number of carbonyl (C=O) groups excluding carboxylic acids is 1. The molecule has 1 aliphatic rings. The summed E-state index contributed by atoms with van der Waals surface area (Å²) >= 11 is 0. The Hall–Kier alpha value is -1.62. The van der Waals surface area contributed by atoms with Gasteiger partial charge < -0.3 is 15.3 Å². The van der Waals surface area contributed by atoms with E-state index in [1.165, 1.54) is 6.07 Å². The molecule has 1 saturated heterocycles. The first-order valence-corrected chi connectivity index (χ1v) is 6.93. The lowest BCUT2D eigenvalue weighted by molar-refractivity contribution is 0.0435. The molecule has 2 amide bonds. The number of amides is 2. The Morgan fingerprint density at radius 3 is 2.95 bits per heavy atom. The first-order valence-electron chi connectivity index (χ1n) is 6.93. The van der Waals surface area contributed by atoms with Gasteiger partial charge in [-0.1, -0.05) is 19.1 Å². The number of carbonyl (C=O) groups is 1. The summed E-state index contributed by atoms with van der Waals surface area (Å²) in [5.41, 5.74) is 1.43. The van der Waals surface area contributed by atoms with Gasteiger partial charge in [-0.2, -0.15) is 0 Å². The van der Waals surface area contributed by atoms with E-state index in [1.54, 1.807) is 24.0 Å². The molecule has 1 heterocycles. The molecule has 1 aromatic carbocycles. The number of rotatable bonds is 2. The zero-order valence-electron chi connectivity index (χ0n) is 11.9. The number of nitrogens with zero attached hydrogens (tertiary/aromatic N) is 1. The summed E-state index contributed by atoms with van der Waals surface area (Å²) in [5, 5.41) is 12.6. The van der Waals surface area contributed by atoms with Gasteiger partial charge in [-0.3, -0.25) is 0 Å². The number of aryl methyl sites for hydroxylation is 1. The summed E-state index contributed by atoms with van der Waals surface area (Å²) in [5.74, 6) is -0.00739. The van der Waals surface area contributed by atoms with Crippen molar-refractivity contribution in [3.8, 4) is 0 Å². The van der Waals surface area contributed by atoms with E-state index in [0.717, 1.165) is 12.0 Å². The molecule has 2 atom stereocenters. The van der Waals surface area contributed by atoms with Gasteiger partial charge in [-0.15, -0.1) is 0 Å². The van der Waals surface area contributed by atoms with E-state index in [0.29, 0.717) is 25.2 Å². The molecule has 5 heteroatoms. The number of aliphatic hydroxyl groups is 1. The second-order valence-electron chi connectivity index (χ2n) is 5.52. The molecule has 2 rings (SSSR count).